The van der Waals surface area contributed by atoms with E-state index in [1.807, 2.05) is 32.0 Å². The summed E-state index contributed by atoms with van der Waals surface area (Å²) in [5.74, 6) is -0.0271. The molecule has 2 rings (SSSR count). The molecule has 0 unspecified atom stereocenters. The van der Waals surface area contributed by atoms with Gasteiger partial charge in [-0.25, -0.2) is 0 Å². The summed E-state index contributed by atoms with van der Waals surface area (Å²) < 4.78 is 0. The van der Waals surface area contributed by atoms with Crippen molar-refractivity contribution >= 4 is 11.6 Å². The van der Waals surface area contributed by atoms with E-state index in [-0.39, 0.29) is 5.91 Å². The molecule has 0 saturated heterocycles. The molecule has 0 atom stereocenters. The van der Waals surface area contributed by atoms with Crippen LogP contribution in [0.15, 0.2) is 36.5 Å². The Morgan fingerprint density at radius 3 is 2.74 bits per heavy atom. The number of nitrogens with zero attached hydrogens (tertiary/aromatic N) is 1. The molecule has 19 heavy (non-hydrogen) atoms. The van der Waals surface area contributed by atoms with Gasteiger partial charge in [-0.2, -0.15) is 0 Å². The van der Waals surface area contributed by atoms with E-state index in [0.29, 0.717) is 24.5 Å². The lowest BCUT2D eigenvalue weighted by molar-refractivity contribution is 0.0747. The van der Waals surface area contributed by atoms with E-state index in [0.717, 1.165) is 5.56 Å². The number of aromatic nitrogens is 1. The summed E-state index contributed by atoms with van der Waals surface area (Å²) in [6, 6.07) is 9.86. The molecule has 0 aliphatic rings. The smallest absolute Gasteiger partial charge is 0.270 e. The van der Waals surface area contributed by atoms with Crippen molar-refractivity contribution in [2.24, 2.45) is 0 Å². The summed E-state index contributed by atoms with van der Waals surface area (Å²) in [7, 11) is 0. The minimum atomic E-state index is -0.0271. The number of nitrogen functional groups attached to an aromatic ring is 1. The number of nitrogens with one attached hydrogen (secondary N) is 1. The van der Waals surface area contributed by atoms with Gasteiger partial charge in [-0.1, -0.05) is 29.8 Å². The van der Waals surface area contributed by atoms with E-state index >= 15 is 0 Å². The number of hydrogen-bond donors (Lipinski definition) is 2. The number of carbonyl (C=O) groups excluding carboxylic acids is 1. The standard InChI is InChI=1S/C15H19N3O/c1-3-18(10-12-6-4-5-11(2)7-12)15(19)14-8-13(16)9-17-14/h4-9,17H,3,10,16H2,1-2H3. The Hall–Kier alpha value is -2.23. The zero-order valence-corrected chi connectivity index (χ0v) is 11.3. The Morgan fingerprint density at radius 2 is 2.16 bits per heavy atom. The fourth-order valence-corrected chi connectivity index (χ4v) is 2.06. The first-order valence-electron chi connectivity index (χ1n) is 6.39. The molecule has 0 fully saturated rings. The third-order valence-electron chi connectivity index (χ3n) is 3.06. The van der Waals surface area contributed by atoms with Gasteiger partial charge in [0, 0.05) is 25.0 Å². The largest absolute Gasteiger partial charge is 0.397 e. The molecule has 0 bridgehead atoms. The van der Waals surface area contributed by atoms with Crippen LogP contribution in [0.4, 0.5) is 5.69 Å². The minimum Gasteiger partial charge on any atom is -0.397 e. The van der Waals surface area contributed by atoms with Crippen molar-refractivity contribution in [3.05, 3.63) is 53.3 Å². The Kier molecular flexibility index (Phi) is 3.90. The van der Waals surface area contributed by atoms with Crippen molar-refractivity contribution < 1.29 is 4.79 Å². The average molecular weight is 257 g/mol. The second-order valence-corrected chi connectivity index (χ2v) is 4.66. The van der Waals surface area contributed by atoms with Gasteiger partial charge >= 0.3 is 0 Å². The van der Waals surface area contributed by atoms with Crippen LogP contribution in [-0.4, -0.2) is 22.3 Å². The van der Waals surface area contributed by atoms with E-state index in [2.05, 4.69) is 11.1 Å². The van der Waals surface area contributed by atoms with Crippen molar-refractivity contribution in [3.63, 3.8) is 0 Å². The minimum absolute atomic E-state index is 0.0271. The Morgan fingerprint density at radius 1 is 1.37 bits per heavy atom. The van der Waals surface area contributed by atoms with Crippen molar-refractivity contribution in [3.8, 4) is 0 Å². The van der Waals surface area contributed by atoms with Gasteiger partial charge in [-0.15, -0.1) is 0 Å². The maximum absolute atomic E-state index is 12.3. The zero-order chi connectivity index (χ0) is 13.8. The highest BCUT2D eigenvalue weighted by atomic mass is 16.2. The van der Waals surface area contributed by atoms with Crippen molar-refractivity contribution in [2.75, 3.05) is 12.3 Å². The van der Waals surface area contributed by atoms with Crippen LogP contribution in [0.2, 0.25) is 0 Å². The second-order valence-electron chi connectivity index (χ2n) is 4.66. The molecule has 4 nitrogen and oxygen atoms in total. The first-order valence-corrected chi connectivity index (χ1v) is 6.39. The molecule has 3 N–H and O–H groups in total. The van der Waals surface area contributed by atoms with Gasteiger partial charge in [-0.3, -0.25) is 4.79 Å². The van der Waals surface area contributed by atoms with E-state index in [9.17, 15) is 4.79 Å². The van der Waals surface area contributed by atoms with Crippen LogP contribution in [0.1, 0.15) is 28.5 Å². The fraction of sp³-hybridized carbons (Fsp3) is 0.267. The number of carbonyl (C=O) groups is 1. The lowest BCUT2D eigenvalue weighted by Crippen LogP contribution is -2.30. The molecular formula is C15H19N3O. The quantitative estimate of drug-likeness (QED) is 0.884. The molecular weight excluding hydrogens is 238 g/mol. The normalized spacial score (nSPS) is 10.4. The Labute approximate surface area is 113 Å². The molecule has 0 saturated carbocycles. The first kappa shape index (κ1) is 13.2. The maximum Gasteiger partial charge on any atom is 0.270 e. The molecule has 1 heterocycles. The highest BCUT2D eigenvalue weighted by molar-refractivity contribution is 5.93. The second kappa shape index (κ2) is 5.61. The number of hydrogen-bond acceptors (Lipinski definition) is 2. The molecule has 0 spiro atoms. The van der Waals surface area contributed by atoms with Crippen molar-refractivity contribution in [2.45, 2.75) is 20.4 Å². The molecule has 0 aliphatic carbocycles. The number of rotatable bonds is 4. The first-order chi connectivity index (χ1) is 9.10. The van der Waals surface area contributed by atoms with Crippen molar-refractivity contribution in [1.29, 1.82) is 0 Å². The van der Waals surface area contributed by atoms with Crippen molar-refractivity contribution in [1.82, 2.24) is 9.88 Å². The summed E-state index contributed by atoms with van der Waals surface area (Å²) in [5.41, 5.74) is 9.07. The van der Waals surface area contributed by atoms with Crippen LogP contribution in [0, 0.1) is 6.92 Å². The Bertz CT molecular complexity index is 574. The molecule has 100 valence electrons. The number of aryl methyl sites for hydroxylation is 1. The molecule has 2 aromatic rings. The van der Waals surface area contributed by atoms with Gasteiger partial charge in [0.15, 0.2) is 0 Å². The van der Waals surface area contributed by atoms with Gasteiger partial charge in [0.2, 0.25) is 0 Å². The highest BCUT2D eigenvalue weighted by Gasteiger charge is 2.15. The van der Waals surface area contributed by atoms with Gasteiger partial charge < -0.3 is 15.6 Å². The number of H-pyrrole nitrogens is 1. The molecule has 1 amide bonds. The van der Waals surface area contributed by atoms with Gasteiger partial charge in [-0.05, 0) is 25.5 Å². The molecule has 1 aromatic heterocycles. The number of nitrogens with two attached hydrogens (primary N) is 1. The SMILES string of the molecule is CCN(Cc1cccc(C)c1)C(=O)c1cc(N)c[nH]1. The Balaban J connectivity index is 2.14. The highest BCUT2D eigenvalue weighted by Crippen LogP contribution is 2.12. The predicted molar refractivity (Wildman–Crippen MR) is 76.8 cm³/mol. The lowest BCUT2D eigenvalue weighted by Gasteiger charge is -2.20. The van der Waals surface area contributed by atoms with Crippen LogP contribution in [0.25, 0.3) is 0 Å². The predicted octanol–water partition coefficient (Wildman–Crippen LogP) is 2.57. The maximum atomic E-state index is 12.3. The third kappa shape index (κ3) is 3.16. The summed E-state index contributed by atoms with van der Waals surface area (Å²) in [4.78, 5) is 17.0. The van der Waals surface area contributed by atoms with E-state index in [4.69, 9.17) is 5.73 Å². The van der Waals surface area contributed by atoms with E-state index in [1.165, 1.54) is 5.56 Å². The summed E-state index contributed by atoms with van der Waals surface area (Å²) in [5, 5.41) is 0. The monoisotopic (exact) mass is 257 g/mol. The fourth-order valence-electron chi connectivity index (χ4n) is 2.06. The zero-order valence-electron chi connectivity index (χ0n) is 11.3. The molecule has 0 radical (unpaired) electrons. The van der Waals surface area contributed by atoms with Crippen LogP contribution in [0.5, 0.6) is 0 Å². The van der Waals surface area contributed by atoms with Crippen LogP contribution in [0.3, 0.4) is 0 Å². The molecule has 4 heteroatoms. The number of amides is 1. The van der Waals surface area contributed by atoms with E-state index < -0.39 is 0 Å². The summed E-state index contributed by atoms with van der Waals surface area (Å²) in [6.07, 6.45) is 1.63. The van der Waals surface area contributed by atoms with Gasteiger partial charge in [0.05, 0.1) is 0 Å². The van der Waals surface area contributed by atoms with E-state index in [1.54, 1.807) is 17.2 Å². The topological polar surface area (TPSA) is 62.1 Å². The summed E-state index contributed by atoms with van der Waals surface area (Å²) >= 11 is 0. The average Bonchev–Trinajstić information content (AvgIpc) is 2.82. The van der Waals surface area contributed by atoms with Crippen LogP contribution >= 0.6 is 0 Å². The van der Waals surface area contributed by atoms with Gasteiger partial charge in [0.25, 0.3) is 5.91 Å². The summed E-state index contributed by atoms with van der Waals surface area (Å²) in [6.45, 7) is 5.29. The lowest BCUT2D eigenvalue weighted by atomic mass is 10.1. The van der Waals surface area contributed by atoms with Crippen LogP contribution < -0.4 is 5.73 Å². The number of aromatic amines is 1. The van der Waals surface area contributed by atoms with Gasteiger partial charge in [0.1, 0.15) is 5.69 Å². The molecule has 0 aliphatic heterocycles. The third-order valence-corrected chi connectivity index (χ3v) is 3.06. The number of benzene rings is 1. The molecule has 1 aromatic carbocycles. The van der Waals surface area contributed by atoms with Crippen LogP contribution in [-0.2, 0) is 6.54 Å². The number of anilines is 1.